The van der Waals surface area contributed by atoms with Crippen molar-refractivity contribution in [2.24, 2.45) is 0 Å². The maximum Gasteiger partial charge on any atom is 0.323 e. The van der Waals surface area contributed by atoms with Crippen LogP contribution in [0.1, 0.15) is 20.7 Å². The van der Waals surface area contributed by atoms with E-state index in [1.165, 1.54) is 30.3 Å². The number of carboxylic acid groups (broad SMARTS) is 1. The fraction of sp³-hybridized carbons (Fsp3) is 0.192. The predicted molar refractivity (Wildman–Crippen MR) is 132 cm³/mol. The molecule has 3 N–H and O–H groups in total. The van der Waals surface area contributed by atoms with Crippen molar-refractivity contribution in [3.63, 3.8) is 0 Å². The highest BCUT2D eigenvalue weighted by Crippen LogP contribution is 2.22. The normalized spacial score (nSPS) is 13.2. The summed E-state index contributed by atoms with van der Waals surface area (Å²) in [5, 5.41) is 15.4. The van der Waals surface area contributed by atoms with E-state index >= 15 is 0 Å². The van der Waals surface area contributed by atoms with E-state index in [2.05, 4.69) is 15.5 Å². The number of carbonyl (C=O) groups excluding carboxylic acids is 2. The molecule has 35 heavy (non-hydrogen) atoms. The standard InChI is InChI=1S/C26H25FN4O4/c27-20-3-1-2-19(16-20)26(35)31(17-24(32)33)23-10-6-21(7-11-23)29-25(34)18-4-8-22(9-5-18)30-14-12-28-13-15-30/h1-11,16,28H,12-15,17H2,(H,29,34)(H,32,33). The highest BCUT2D eigenvalue weighted by atomic mass is 19.1. The number of carboxylic acids is 1. The second-order valence-corrected chi connectivity index (χ2v) is 8.08. The van der Waals surface area contributed by atoms with Crippen molar-refractivity contribution < 1.29 is 23.9 Å². The second kappa shape index (κ2) is 10.8. The lowest BCUT2D eigenvalue weighted by molar-refractivity contribution is -0.135. The average molecular weight is 477 g/mol. The fourth-order valence-corrected chi connectivity index (χ4v) is 3.87. The second-order valence-electron chi connectivity index (χ2n) is 8.08. The summed E-state index contributed by atoms with van der Waals surface area (Å²) in [6.07, 6.45) is 0. The summed E-state index contributed by atoms with van der Waals surface area (Å²) in [5.41, 5.74) is 2.39. The van der Waals surface area contributed by atoms with Gasteiger partial charge in [-0.25, -0.2) is 4.39 Å². The number of nitrogens with one attached hydrogen (secondary N) is 2. The minimum atomic E-state index is -1.21. The molecule has 4 rings (SSSR count). The van der Waals surface area contributed by atoms with Crippen molar-refractivity contribution in [2.45, 2.75) is 0 Å². The first-order chi connectivity index (χ1) is 16.9. The Kier molecular flexibility index (Phi) is 7.37. The van der Waals surface area contributed by atoms with E-state index in [0.717, 1.165) is 42.8 Å². The molecule has 1 aliphatic rings. The Balaban J connectivity index is 1.45. The monoisotopic (exact) mass is 476 g/mol. The topological polar surface area (TPSA) is 102 Å². The molecule has 1 saturated heterocycles. The molecular weight excluding hydrogens is 451 g/mol. The van der Waals surface area contributed by atoms with Crippen LogP contribution in [0.4, 0.5) is 21.5 Å². The zero-order valence-electron chi connectivity index (χ0n) is 18.9. The van der Waals surface area contributed by atoms with E-state index in [-0.39, 0.29) is 11.5 Å². The summed E-state index contributed by atoms with van der Waals surface area (Å²) in [7, 11) is 0. The van der Waals surface area contributed by atoms with Gasteiger partial charge in [-0.3, -0.25) is 19.3 Å². The molecule has 1 aliphatic heterocycles. The zero-order valence-corrected chi connectivity index (χ0v) is 18.9. The molecule has 0 spiro atoms. The number of halogens is 1. The van der Waals surface area contributed by atoms with Crippen molar-refractivity contribution >= 4 is 34.8 Å². The van der Waals surface area contributed by atoms with Gasteiger partial charge in [0.05, 0.1) is 0 Å². The Morgan fingerprint density at radius 3 is 2.26 bits per heavy atom. The van der Waals surface area contributed by atoms with Crippen molar-refractivity contribution in [1.82, 2.24) is 5.32 Å². The van der Waals surface area contributed by atoms with E-state index in [0.29, 0.717) is 16.9 Å². The highest BCUT2D eigenvalue weighted by Gasteiger charge is 2.21. The number of hydrogen-bond acceptors (Lipinski definition) is 5. The molecule has 9 heteroatoms. The smallest absolute Gasteiger partial charge is 0.323 e. The summed E-state index contributed by atoms with van der Waals surface area (Å²) in [4.78, 5) is 40.2. The third kappa shape index (κ3) is 6.01. The van der Waals surface area contributed by atoms with Crippen molar-refractivity contribution in [3.8, 4) is 0 Å². The number of hydrogen-bond donors (Lipinski definition) is 3. The first-order valence-corrected chi connectivity index (χ1v) is 11.2. The highest BCUT2D eigenvalue weighted by molar-refractivity contribution is 6.08. The molecule has 0 aromatic heterocycles. The number of benzene rings is 3. The summed E-state index contributed by atoms with van der Waals surface area (Å²) in [6, 6.07) is 18.7. The quantitative estimate of drug-likeness (QED) is 0.484. The van der Waals surface area contributed by atoms with Gasteiger partial charge in [0.2, 0.25) is 0 Å². The molecule has 8 nitrogen and oxygen atoms in total. The van der Waals surface area contributed by atoms with Crippen LogP contribution in [0.2, 0.25) is 0 Å². The van der Waals surface area contributed by atoms with Crippen molar-refractivity contribution in [2.75, 3.05) is 47.8 Å². The van der Waals surface area contributed by atoms with Gasteiger partial charge in [0.15, 0.2) is 0 Å². The van der Waals surface area contributed by atoms with Gasteiger partial charge in [-0.15, -0.1) is 0 Å². The van der Waals surface area contributed by atoms with E-state index in [1.807, 2.05) is 12.1 Å². The van der Waals surface area contributed by atoms with Crippen LogP contribution in [0.3, 0.4) is 0 Å². The van der Waals surface area contributed by atoms with Gasteiger partial charge in [0.1, 0.15) is 12.4 Å². The molecule has 0 radical (unpaired) electrons. The summed E-state index contributed by atoms with van der Waals surface area (Å²) < 4.78 is 13.6. The first kappa shape index (κ1) is 23.9. The third-order valence-electron chi connectivity index (χ3n) is 5.66. The number of aliphatic carboxylic acids is 1. The van der Waals surface area contributed by atoms with Crippen molar-refractivity contribution in [1.29, 1.82) is 0 Å². The van der Waals surface area contributed by atoms with Crippen LogP contribution in [0.25, 0.3) is 0 Å². The van der Waals surface area contributed by atoms with Crippen LogP contribution in [0, 0.1) is 5.82 Å². The molecule has 0 atom stereocenters. The molecule has 180 valence electrons. The van der Waals surface area contributed by atoms with E-state index in [4.69, 9.17) is 0 Å². The molecule has 3 aromatic rings. The third-order valence-corrected chi connectivity index (χ3v) is 5.66. The maximum absolute atomic E-state index is 13.6. The first-order valence-electron chi connectivity index (χ1n) is 11.2. The van der Waals surface area contributed by atoms with E-state index < -0.39 is 24.2 Å². The number of carbonyl (C=O) groups is 3. The number of nitrogens with zero attached hydrogens (tertiary/aromatic N) is 2. The predicted octanol–water partition coefficient (Wildman–Crippen LogP) is 3.22. The Morgan fingerprint density at radius 1 is 0.943 bits per heavy atom. The molecule has 0 unspecified atom stereocenters. The Morgan fingerprint density at radius 2 is 1.63 bits per heavy atom. The van der Waals surface area contributed by atoms with Gasteiger partial charge in [0.25, 0.3) is 11.8 Å². The van der Waals surface area contributed by atoms with Crippen LogP contribution < -0.4 is 20.4 Å². The molecule has 2 amide bonds. The van der Waals surface area contributed by atoms with Gasteiger partial charge in [-0.2, -0.15) is 0 Å². The molecule has 0 saturated carbocycles. The van der Waals surface area contributed by atoms with Gasteiger partial charge in [0, 0.05) is 54.4 Å². The summed E-state index contributed by atoms with van der Waals surface area (Å²) in [6.45, 7) is 3.09. The fourth-order valence-electron chi connectivity index (χ4n) is 3.87. The number of amides is 2. The minimum absolute atomic E-state index is 0.0351. The van der Waals surface area contributed by atoms with Crippen LogP contribution >= 0.6 is 0 Å². The van der Waals surface area contributed by atoms with Crippen molar-refractivity contribution in [3.05, 3.63) is 89.7 Å². The molecule has 0 bridgehead atoms. The SMILES string of the molecule is O=C(O)CN(C(=O)c1cccc(F)c1)c1ccc(NC(=O)c2ccc(N3CCNCC3)cc2)cc1. The zero-order chi connectivity index (χ0) is 24.8. The molecular formula is C26H25FN4O4. The van der Waals surface area contributed by atoms with Crippen LogP contribution in [0.15, 0.2) is 72.8 Å². The molecule has 1 fully saturated rings. The number of anilines is 3. The minimum Gasteiger partial charge on any atom is -0.480 e. The lowest BCUT2D eigenvalue weighted by Crippen LogP contribution is -2.43. The van der Waals surface area contributed by atoms with Crippen LogP contribution in [-0.4, -0.2) is 55.6 Å². The van der Waals surface area contributed by atoms with E-state index in [9.17, 15) is 23.9 Å². The number of rotatable bonds is 7. The van der Waals surface area contributed by atoms with Crippen LogP contribution in [0.5, 0.6) is 0 Å². The lowest BCUT2D eigenvalue weighted by atomic mass is 10.1. The number of piperazine rings is 1. The van der Waals surface area contributed by atoms with Crippen LogP contribution in [-0.2, 0) is 4.79 Å². The molecule has 1 heterocycles. The van der Waals surface area contributed by atoms with Gasteiger partial charge >= 0.3 is 5.97 Å². The lowest BCUT2D eigenvalue weighted by Gasteiger charge is -2.29. The summed E-state index contributed by atoms with van der Waals surface area (Å²) >= 11 is 0. The largest absolute Gasteiger partial charge is 0.480 e. The average Bonchev–Trinajstić information content (AvgIpc) is 2.88. The molecule has 3 aromatic carbocycles. The maximum atomic E-state index is 13.6. The van der Waals surface area contributed by atoms with Gasteiger partial charge in [-0.05, 0) is 66.7 Å². The Labute approximate surface area is 202 Å². The summed E-state index contributed by atoms with van der Waals surface area (Å²) in [5.74, 6) is -2.74. The van der Waals surface area contributed by atoms with E-state index in [1.54, 1.807) is 24.3 Å². The Hall–Kier alpha value is -4.24. The Bertz CT molecular complexity index is 1210. The molecule has 0 aliphatic carbocycles. The van der Waals surface area contributed by atoms with Gasteiger partial charge in [-0.1, -0.05) is 6.07 Å². The van der Waals surface area contributed by atoms with Gasteiger partial charge < -0.3 is 20.6 Å².